The van der Waals surface area contributed by atoms with Crippen molar-refractivity contribution in [3.05, 3.63) is 23.8 Å². The molecule has 0 aliphatic rings. The van der Waals surface area contributed by atoms with Crippen molar-refractivity contribution in [3.8, 4) is 5.75 Å². The van der Waals surface area contributed by atoms with Crippen LogP contribution >= 0.6 is 0 Å². The van der Waals surface area contributed by atoms with Gasteiger partial charge in [-0.15, -0.1) is 0 Å². The fraction of sp³-hybridized carbons (Fsp3) is 0.462. The smallest absolute Gasteiger partial charge is 0.340 e. The fourth-order valence-electron chi connectivity index (χ4n) is 1.47. The maximum Gasteiger partial charge on any atom is 0.340 e. The first-order valence-electron chi connectivity index (χ1n) is 5.90. The molecule has 0 aliphatic heterocycles. The van der Waals surface area contributed by atoms with E-state index in [0.717, 1.165) is 19.3 Å². The van der Waals surface area contributed by atoms with E-state index < -0.39 is 5.97 Å². The van der Waals surface area contributed by atoms with Crippen molar-refractivity contribution in [2.75, 3.05) is 26.1 Å². The highest BCUT2D eigenvalue weighted by atomic mass is 16.5. The van der Waals surface area contributed by atoms with Gasteiger partial charge >= 0.3 is 5.97 Å². The molecule has 5 nitrogen and oxygen atoms in total. The Morgan fingerprint density at radius 3 is 2.78 bits per heavy atom. The molecule has 0 aromatic heterocycles. The van der Waals surface area contributed by atoms with E-state index in [-0.39, 0.29) is 6.61 Å². The highest BCUT2D eigenvalue weighted by Gasteiger charge is 2.12. The monoisotopic (exact) mass is 253 g/mol. The van der Waals surface area contributed by atoms with Crippen LogP contribution in [0.5, 0.6) is 5.75 Å². The summed E-state index contributed by atoms with van der Waals surface area (Å²) in [6.07, 6.45) is 2.28. The van der Waals surface area contributed by atoms with Crippen LogP contribution in [-0.2, 0) is 4.74 Å². The van der Waals surface area contributed by atoms with Gasteiger partial charge in [-0.3, -0.25) is 0 Å². The van der Waals surface area contributed by atoms with Crippen molar-refractivity contribution in [1.82, 2.24) is 0 Å². The van der Waals surface area contributed by atoms with Crippen LogP contribution < -0.4 is 10.5 Å². The summed E-state index contributed by atoms with van der Waals surface area (Å²) < 4.78 is 10.1. The summed E-state index contributed by atoms with van der Waals surface area (Å²) >= 11 is 0. The Kier molecular flexibility index (Phi) is 6.00. The van der Waals surface area contributed by atoms with Gasteiger partial charge in [-0.25, -0.2) is 4.79 Å². The summed E-state index contributed by atoms with van der Waals surface area (Å²) in [5.74, 6) is 0.117. The fourth-order valence-corrected chi connectivity index (χ4v) is 1.47. The number of hydrogen-bond donors (Lipinski definition) is 2. The molecule has 0 spiro atoms. The first-order chi connectivity index (χ1) is 8.69. The minimum Gasteiger partial charge on any atom is -0.497 e. The molecule has 18 heavy (non-hydrogen) atoms. The number of methoxy groups -OCH3 is 1. The first-order valence-corrected chi connectivity index (χ1v) is 5.90. The van der Waals surface area contributed by atoms with E-state index in [0.29, 0.717) is 23.6 Å². The van der Waals surface area contributed by atoms with Gasteiger partial charge in [0.05, 0.1) is 19.3 Å². The van der Waals surface area contributed by atoms with E-state index in [2.05, 4.69) is 0 Å². The largest absolute Gasteiger partial charge is 0.497 e. The molecule has 5 heteroatoms. The number of nitrogens with two attached hydrogens (primary N) is 1. The number of unbranched alkanes of at least 4 members (excludes halogenated alkanes) is 2. The third-order valence-corrected chi connectivity index (χ3v) is 2.52. The Morgan fingerprint density at radius 1 is 1.33 bits per heavy atom. The standard InChI is InChI=1S/C13H19NO4/c1-17-10-5-6-12(14)11(9-10)13(16)18-8-4-2-3-7-15/h5-6,9,15H,2-4,7-8,14H2,1H3. The van der Waals surface area contributed by atoms with Gasteiger partial charge < -0.3 is 20.3 Å². The normalized spacial score (nSPS) is 10.1. The van der Waals surface area contributed by atoms with Crippen molar-refractivity contribution in [2.45, 2.75) is 19.3 Å². The van der Waals surface area contributed by atoms with E-state index in [1.165, 1.54) is 7.11 Å². The minimum atomic E-state index is -0.449. The maximum atomic E-state index is 11.8. The molecule has 1 aromatic rings. The number of nitrogen functional groups attached to an aromatic ring is 1. The second kappa shape index (κ2) is 7.55. The highest BCUT2D eigenvalue weighted by Crippen LogP contribution is 2.20. The zero-order valence-corrected chi connectivity index (χ0v) is 10.5. The van der Waals surface area contributed by atoms with E-state index in [1.54, 1.807) is 18.2 Å². The topological polar surface area (TPSA) is 81.8 Å². The van der Waals surface area contributed by atoms with E-state index >= 15 is 0 Å². The van der Waals surface area contributed by atoms with Crippen molar-refractivity contribution >= 4 is 11.7 Å². The Morgan fingerprint density at radius 2 is 2.11 bits per heavy atom. The van der Waals surface area contributed by atoms with Crippen molar-refractivity contribution in [3.63, 3.8) is 0 Å². The lowest BCUT2D eigenvalue weighted by atomic mass is 10.1. The van der Waals surface area contributed by atoms with Gasteiger partial charge in [0, 0.05) is 12.3 Å². The Hall–Kier alpha value is -1.75. The molecule has 0 heterocycles. The number of esters is 1. The van der Waals surface area contributed by atoms with Crippen LogP contribution in [0.15, 0.2) is 18.2 Å². The van der Waals surface area contributed by atoms with Crippen LogP contribution in [-0.4, -0.2) is 31.4 Å². The molecule has 0 atom stereocenters. The van der Waals surface area contributed by atoms with Crippen LogP contribution in [0.2, 0.25) is 0 Å². The van der Waals surface area contributed by atoms with E-state index in [1.807, 2.05) is 0 Å². The van der Waals surface area contributed by atoms with Crippen molar-refractivity contribution in [1.29, 1.82) is 0 Å². The molecule has 0 aliphatic carbocycles. The number of aliphatic hydroxyl groups is 1. The maximum absolute atomic E-state index is 11.8. The molecule has 1 aromatic carbocycles. The van der Waals surface area contributed by atoms with Gasteiger partial charge in [0.15, 0.2) is 0 Å². The van der Waals surface area contributed by atoms with E-state index in [4.69, 9.17) is 20.3 Å². The third-order valence-electron chi connectivity index (χ3n) is 2.52. The molecule has 0 bridgehead atoms. The lowest BCUT2D eigenvalue weighted by Crippen LogP contribution is -2.09. The van der Waals surface area contributed by atoms with Gasteiger partial charge in [-0.1, -0.05) is 0 Å². The molecule has 0 unspecified atom stereocenters. The molecule has 0 fully saturated rings. The van der Waals surface area contributed by atoms with Gasteiger partial charge in [-0.05, 0) is 37.5 Å². The zero-order chi connectivity index (χ0) is 13.4. The number of rotatable bonds is 7. The molecular formula is C13H19NO4. The minimum absolute atomic E-state index is 0.163. The molecule has 0 amide bonds. The molecule has 0 radical (unpaired) electrons. The predicted molar refractivity (Wildman–Crippen MR) is 68.6 cm³/mol. The molecule has 3 N–H and O–H groups in total. The quantitative estimate of drug-likeness (QED) is 0.438. The highest BCUT2D eigenvalue weighted by molar-refractivity contribution is 5.95. The summed E-state index contributed by atoms with van der Waals surface area (Å²) in [6, 6.07) is 4.86. The van der Waals surface area contributed by atoms with Crippen molar-refractivity contribution in [2.24, 2.45) is 0 Å². The Labute approximate surface area is 107 Å². The Balaban J connectivity index is 2.50. The van der Waals surface area contributed by atoms with E-state index in [9.17, 15) is 4.79 Å². The summed E-state index contributed by atoms with van der Waals surface area (Å²) in [6.45, 7) is 0.492. The summed E-state index contributed by atoms with van der Waals surface area (Å²) in [4.78, 5) is 11.8. The molecule has 0 saturated carbocycles. The number of benzene rings is 1. The van der Waals surface area contributed by atoms with Crippen LogP contribution in [0, 0.1) is 0 Å². The van der Waals surface area contributed by atoms with Crippen LogP contribution in [0.4, 0.5) is 5.69 Å². The average molecular weight is 253 g/mol. The summed E-state index contributed by atoms with van der Waals surface area (Å²) in [5, 5.41) is 8.61. The lowest BCUT2D eigenvalue weighted by molar-refractivity contribution is 0.0497. The second-order valence-electron chi connectivity index (χ2n) is 3.87. The third kappa shape index (κ3) is 4.25. The molecule has 0 saturated heterocycles. The van der Waals surface area contributed by atoms with Crippen LogP contribution in [0.1, 0.15) is 29.6 Å². The number of aliphatic hydroxyl groups excluding tert-OH is 1. The SMILES string of the molecule is COc1ccc(N)c(C(=O)OCCCCCO)c1. The zero-order valence-electron chi connectivity index (χ0n) is 10.5. The molecule has 100 valence electrons. The summed E-state index contributed by atoms with van der Waals surface area (Å²) in [7, 11) is 1.52. The first kappa shape index (κ1) is 14.3. The Bertz CT molecular complexity index is 393. The number of carbonyl (C=O) groups is 1. The van der Waals surface area contributed by atoms with Crippen LogP contribution in [0.3, 0.4) is 0 Å². The summed E-state index contributed by atoms with van der Waals surface area (Å²) in [5.41, 5.74) is 6.40. The van der Waals surface area contributed by atoms with Gasteiger partial charge in [-0.2, -0.15) is 0 Å². The molecular weight excluding hydrogens is 234 g/mol. The van der Waals surface area contributed by atoms with Gasteiger partial charge in [0.2, 0.25) is 0 Å². The van der Waals surface area contributed by atoms with Crippen molar-refractivity contribution < 1.29 is 19.4 Å². The van der Waals surface area contributed by atoms with Gasteiger partial charge in [0.25, 0.3) is 0 Å². The van der Waals surface area contributed by atoms with Gasteiger partial charge in [0.1, 0.15) is 5.75 Å². The second-order valence-corrected chi connectivity index (χ2v) is 3.87. The molecule has 1 rings (SSSR count). The number of anilines is 1. The predicted octanol–water partition coefficient (Wildman–Crippen LogP) is 1.60. The number of carbonyl (C=O) groups excluding carboxylic acids is 1. The average Bonchev–Trinajstić information content (AvgIpc) is 2.39. The van der Waals surface area contributed by atoms with Crippen LogP contribution in [0.25, 0.3) is 0 Å². The number of hydrogen-bond acceptors (Lipinski definition) is 5. The lowest BCUT2D eigenvalue weighted by Gasteiger charge is -2.08. The number of ether oxygens (including phenoxy) is 2.